The van der Waals surface area contributed by atoms with E-state index in [1.165, 1.54) is 32.1 Å². The zero-order chi connectivity index (χ0) is 12.6. The molecule has 1 amide bonds. The minimum atomic E-state index is 0.0892. The van der Waals surface area contributed by atoms with Crippen LogP contribution >= 0.6 is 11.8 Å². The summed E-state index contributed by atoms with van der Waals surface area (Å²) in [6, 6.07) is 3.69. The van der Waals surface area contributed by atoms with Crippen molar-refractivity contribution in [3.8, 4) is 0 Å². The summed E-state index contributed by atoms with van der Waals surface area (Å²) in [5.41, 5.74) is 0.783. The maximum atomic E-state index is 11.7. The quantitative estimate of drug-likeness (QED) is 0.885. The second kappa shape index (κ2) is 7.41. The number of anilines is 1. The van der Waals surface area contributed by atoms with Crippen molar-refractivity contribution in [3.63, 3.8) is 0 Å². The zero-order valence-electron chi connectivity index (χ0n) is 10.6. The molecule has 0 aliphatic heterocycles. The Kier molecular flexibility index (Phi) is 5.52. The van der Waals surface area contributed by atoms with Crippen LogP contribution in [0.4, 0.5) is 5.69 Å². The van der Waals surface area contributed by atoms with Crippen molar-refractivity contribution in [2.45, 2.75) is 43.8 Å². The molecule has 1 aromatic rings. The Balaban J connectivity index is 1.62. The Morgan fingerprint density at radius 2 is 2.22 bits per heavy atom. The number of carbonyl (C=O) groups excluding carboxylic acids is 1. The van der Waals surface area contributed by atoms with Crippen LogP contribution in [0.2, 0.25) is 0 Å². The second-order valence-corrected chi connectivity index (χ2v) is 6.08. The molecule has 3 nitrogen and oxygen atoms in total. The van der Waals surface area contributed by atoms with Crippen LogP contribution in [0.15, 0.2) is 24.5 Å². The topological polar surface area (TPSA) is 42.0 Å². The summed E-state index contributed by atoms with van der Waals surface area (Å²) >= 11 is 1.96. The normalized spacial score (nSPS) is 16.4. The van der Waals surface area contributed by atoms with Crippen LogP contribution in [0.25, 0.3) is 0 Å². The first kappa shape index (κ1) is 13.4. The van der Waals surface area contributed by atoms with Gasteiger partial charge in [-0.15, -0.1) is 0 Å². The summed E-state index contributed by atoms with van der Waals surface area (Å²) in [6.45, 7) is 0. The van der Waals surface area contributed by atoms with Crippen LogP contribution in [0.1, 0.15) is 38.5 Å². The average molecular weight is 264 g/mol. The average Bonchev–Trinajstić information content (AvgIpc) is 2.41. The van der Waals surface area contributed by atoms with Gasteiger partial charge in [0.1, 0.15) is 0 Å². The summed E-state index contributed by atoms with van der Waals surface area (Å²) in [5.74, 6) is 1.02. The van der Waals surface area contributed by atoms with Gasteiger partial charge in [0, 0.05) is 23.6 Å². The van der Waals surface area contributed by atoms with E-state index in [0.717, 1.165) is 16.7 Å². The van der Waals surface area contributed by atoms with E-state index in [0.29, 0.717) is 6.42 Å². The number of nitrogens with zero attached hydrogens (tertiary/aromatic N) is 1. The predicted molar refractivity (Wildman–Crippen MR) is 76.8 cm³/mol. The van der Waals surface area contributed by atoms with E-state index in [9.17, 15) is 4.79 Å². The van der Waals surface area contributed by atoms with E-state index < -0.39 is 0 Å². The number of hydrogen-bond donors (Lipinski definition) is 1. The molecule has 0 atom stereocenters. The monoisotopic (exact) mass is 264 g/mol. The molecule has 1 aromatic heterocycles. The van der Waals surface area contributed by atoms with Gasteiger partial charge in [-0.2, -0.15) is 11.8 Å². The fourth-order valence-electron chi connectivity index (χ4n) is 2.21. The lowest BCUT2D eigenvalue weighted by atomic mass is 10.0. The molecule has 1 heterocycles. The minimum Gasteiger partial charge on any atom is -0.325 e. The predicted octanol–water partition coefficient (Wildman–Crippen LogP) is 3.48. The Bertz CT molecular complexity index is 363. The van der Waals surface area contributed by atoms with Gasteiger partial charge in [0.15, 0.2) is 0 Å². The van der Waals surface area contributed by atoms with Crippen LogP contribution in [-0.2, 0) is 4.79 Å². The smallest absolute Gasteiger partial charge is 0.225 e. The van der Waals surface area contributed by atoms with E-state index >= 15 is 0 Å². The fraction of sp³-hybridized carbons (Fsp3) is 0.571. The Morgan fingerprint density at radius 3 is 2.94 bits per heavy atom. The van der Waals surface area contributed by atoms with Crippen molar-refractivity contribution in [1.29, 1.82) is 0 Å². The van der Waals surface area contributed by atoms with Gasteiger partial charge in [0.2, 0.25) is 5.91 Å². The van der Waals surface area contributed by atoms with Gasteiger partial charge < -0.3 is 5.32 Å². The Hall–Kier alpha value is -1.03. The first-order chi connectivity index (χ1) is 8.84. The molecule has 0 spiro atoms. The number of rotatable bonds is 5. The lowest BCUT2D eigenvalue weighted by molar-refractivity contribution is -0.115. The fourth-order valence-corrected chi connectivity index (χ4v) is 3.51. The molecule has 2 rings (SSSR count). The third kappa shape index (κ3) is 4.69. The molecule has 0 bridgehead atoms. The summed E-state index contributed by atoms with van der Waals surface area (Å²) in [6.07, 6.45) is 10.7. The Morgan fingerprint density at radius 1 is 1.39 bits per heavy atom. The molecule has 18 heavy (non-hydrogen) atoms. The summed E-state index contributed by atoms with van der Waals surface area (Å²) < 4.78 is 0. The highest BCUT2D eigenvalue weighted by Gasteiger charge is 2.14. The lowest BCUT2D eigenvalue weighted by Gasteiger charge is -2.20. The molecule has 0 radical (unpaired) electrons. The summed E-state index contributed by atoms with van der Waals surface area (Å²) in [5, 5.41) is 3.65. The van der Waals surface area contributed by atoms with E-state index in [1.54, 1.807) is 12.4 Å². The molecule has 1 fully saturated rings. The zero-order valence-corrected chi connectivity index (χ0v) is 11.4. The largest absolute Gasteiger partial charge is 0.325 e. The molecule has 98 valence electrons. The molecule has 1 aliphatic carbocycles. The molecular weight excluding hydrogens is 244 g/mol. The van der Waals surface area contributed by atoms with E-state index in [4.69, 9.17) is 0 Å². The number of amides is 1. The van der Waals surface area contributed by atoms with Crippen molar-refractivity contribution in [3.05, 3.63) is 24.5 Å². The molecule has 4 heteroatoms. The van der Waals surface area contributed by atoms with Crippen molar-refractivity contribution >= 4 is 23.4 Å². The molecule has 1 aliphatic rings. The number of pyridine rings is 1. The van der Waals surface area contributed by atoms with E-state index in [-0.39, 0.29) is 5.91 Å². The van der Waals surface area contributed by atoms with Crippen LogP contribution in [0.5, 0.6) is 0 Å². The van der Waals surface area contributed by atoms with Gasteiger partial charge in [0.05, 0.1) is 11.9 Å². The van der Waals surface area contributed by atoms with Gasteiger partial charge in [-0.1, -0.05) is 19.3 Å². The van der Waals surface area contributed by atoms with Crippen molar-refractivity contribution < 1.29 is 4.79 Å². The highest BCUT2D eigenvalue weighted by molar-refractivity contribution is 7.99. The third-order valence-electron chi connectivity index (χ3n) is 3.18. The molecule has 0 saturated heterocycles. The van der Waals surface area contributed by atoms with Gasteiger partial charge in [-0.05, 0) is 25.0 Å². The van der Waals surface area contributed by atoms with Gasteiger partial charge >= 0.3 is 0 Å². The van der Waals surface area contributed by atoms with Gasteiger partial charge in [-0.3, -0.25) is 9.78 Å². The molecule has 1 N–H and O–H groups in total. The van der Waals surface area contributed by atoms with Crippen LogP contribution < -0.4 is 5.32 Å². The van der Waals surface area contributed by atoms with E-state index in [1.807, 2.05) is 23.9 Å². The van der Waals surface area contributed by atoms with Crippen LogP contribution in [0.3, 0.4) is 0 Å². The third-order valence-corrected chi connectivity index (χ3v) is 4.56. The van der Waals surface area contributed by atoms with Crippen molar-refractivity contribution in [1.82, 2.24) is 4.98 Å². The standard InChI is InChI=1S/C14H20N2OS/c17-14(16-12-5-4-9-15-11-12)8-10-18-13-6-2-1-3-7-13/h4-5,9,11,13H,1-3,6-8,10H2,(H,16,17). The highest BCUT2D eigenvalue weighted by atomic mass is 32.2. The van der Waals surface area contributed by atoms with Gasteiger partial charge in [0.25, 0.3) is 0 Å². The van der Waals surface area contributed by atoms with Crippen LogP contribution in [0, 0.1) is 0 Å². The maximum Gasteiger partial charge on any atom is 0.225 e. The SMILES string of the molecule is O=C(CCSC1CCCCC1)Nc1cccnc1. The molecule has 1 saturated carbocycles. The van der Waals surface area contributed by atoms with Gasteiger partial charge in [-0.25, -0.2) is 0 Å². The number of nitrogens with one attached hydrogen (secondary N) is 1. The Labute approximate surface area is 113 Å². The van der Waals surface area contributed by atoms with Crippen molar-refractivity contribution in [2.24, 2.45) is 0 Å². The maximum absolute atomic E-state index is 11.7. The summed E-state index contributed by atoms with van der Waals surface area (Å²) in [4.78, 5) is 15.7. The first-order valence-electron chi connectivity index (χ1n) is 6.66. The molecule has 0 unspecified atom stereocenters. The highest BCUT2D eigenvalue weighted by Crippen LogP contribution is 2.28. The minimum absolute atomic E-state index is 0.0892. The number of thioether (sulfide) groups is 1. The lowest BCUT2D eigenvalue weighted by Crippen LogP contribution is -2.14. The number of carbonyl (C=O) groups is 1. The van der Waals surface area contributed by atoms with Crippen molar-refractivity contribution in [2.75, 3.05) is 11.1 Å². The second-order valence-electron chi connectivity index (χ2n) is 4.67. The number of hydrogen-bond acceptors (Lipinski definition) is 3. The molecular formula is C14H20N2OS. The van der Waals surface area contributed by atoms with Crippen LogP contribution in [-0.4, -0.2) is 21.9 Å². The molecule has 0 aromatic carbocycles. The number of aromatic nitrogens is 1. The summed E-state index contributed by atoms with van der Waals surface area (Å²) in [7, 11) is 0. The first-order valence-corrected chi connectivity index (χ1v) is 7.71. The van der Waals surface area contributed by atoms with E-state index in [2.05, 4.69) is 10.3 Å².